The molecule has 0 unspecified atom stereocenters. The Kier molecular flexibility index (Phi) is 6.55. The predicted molar refractivity (Wildman–Crippen MR) is 222 cm³/mol. The van der Waals surface area contributed by atoms with Gasteiger partial charge in [0.2, 0.25) is 0 Å². The standard InChI is InChI=1S/C50H31NO2/c1-3-16-38-33(11-1)13-8-19-39(38)36-15-7-14-35(31-36)32-25-28-37(29-26-32)51(45-22-9-20-42-41-18-5-6-23-46(41)52-50(42)45)44-21-10-24-47-48(44)43-30-27-34-12-2-4-17-40(34)49(43)53-47/h1-31H. The predicted octanol–water partition coefficient (Wildman–Crippen LogP) is 14.6. The highest BCUT2D eigenvalue weighted by Gasteiger charge is 2.23. The summed E-state index contributed by atoms with van der Waals surface area (Å²) in [5.41, 5.74) is 11.2. The largest absolute Gasteiger partial charge is 0.455 e. The van der Waals surface area contributed by atoms with Gasteiger partial charge in [0.15, 0.2) is 5.58 Å². The van der Waals surface area contributed by atoms with E-state index < -0.39 is 0 Å². The van der Waals surface area contributed by atoms with Gasteiger partial charge in [-0.3, -0.25) is 0 Å². The lowest BCUT2D eigenvalue weighted by atomic mass is 9.95. The van der Waals surface area contributed by atoms with Crippen molar-refractivity contribution in [1.29, 1.82) is 0 Å². The smallest absolute Gasteiger partial charge is 0.159 e. The SMILES string of the molecule is c1cc(-c2ccc(N(c3cccc4c3oc3ccccc34)c3cccc4oc5c6ccccc6ccc5c34)cc2)cc(-c2cccc3ccccc23)c1. The monoisotopic (exact) mass is 677 g/mol. The van der Waals surface area contributed by atoms with E-state index in [0.717, 1.165) is 77.3 Å². The topological polar surface area (TPSA) is 29.5 Å². The number of fused-ring (bicyclic) bond motifs is 9. The molecule has 0 bridgehead atoms. The highest BCUT2D eigenvalue weighted by Crippen LogP contribution is 2.47. The van der Waals surface area contributed by atoms with Gasteiger partial charge in [-0.25, -0.2) is 0 Å². The average molecular weight is 678 g/mol. The third-order valence-corrected chi connectivity index (χ3v) is 10.7. The first kappa shape index (κ1) is 29.6. The number of hydrogen-bond acceptors (Lipinski definition) is 3. The third-order valence-electron chi connectivity index (χ3n) is 10.7. The van der Waals surface area contributed by atoms with E-state index in [2.05, 4.69) is 181 Å². The van der Waals surface area contributed by atoms with E-state index in [1.807, 2.05) is 12.1 Å². The lowest BCUT2D eigenvalue weighted by molar-refractivity contribution is 0.669. The van der Waals surface area contributed by atoms with E-state index in [9.17, 15) is 0 Å². The molecule has 11 aromatic rings. The summed E-state index contributed by atoms with van der Waals surface area (Å²) in [5, 5.41) is 9.09. The summed E-state index contributed by atoms with van der Waals surface area (Å²) in [6.45, 7) is 0. The Morgan fingerprint density at radius 1 is 0.340 bits per heavy atom. The van der Waals surface area contributed by atoms with Crippen LogP contribution in [0.1, 0.15) is 0 Å². The second kappa shape index (κ2) is 11.7. The molecule has 53 heavy (non-hydrogen) atoms. The summed E-state index contributed by atoms with van der Waals surface area (Å²) in [4.78, 5) is 2.33. The van der Waals surface area contributed by atoms with Crippen LogP contribution in [-0.2, 0) is 0 Å². The number of benzene rings is 9. The van der Waals surface area contributed by atoms with E-state index in [1.165, 1.54) is 27.5 Å². The minimum atomic E-state index is 0.843. The first-order valence-corrected chi connectivity index (χ1v) is 18.0. The summed E-state index contributed by atoms with van der Waals surface area (Å²) < 4.78 is 13.3. The van der Waals surface area contributed by atoms with Gasteiger partial charge < -0.3 is 13.7 Å². The van der Waals surface area contributed by atoms with E-state index in [4.69, 9.17) is 8.83 Å². The molecule has 0 aliphatic rings. The highest BCUT2D eigenvalue weighted by atomic mass is 16.3. The molecule has 0 aliphatic heterocycles. The zero-order valence-corrected chi connectivity index (χ0v) is 28.7. The maximum Gasteiger partial charge on any atom is 0.159 e. The Balaban J connectivity index is 1.10. The molecule has 2 heterocycles. The Bertz CT molecular complexity index is 3180. The summed E-state index contributed by atoms with van der Waals surface area (Å²) in [5.74, 6) is 0. The van der Waals surface area contributed by atoms with E-state index in [1.54, 1.807) is 0 Å². The summed E-state index contributed by atoms with van der Waals surface area (Å²) in [6.07, 6.45) is 0. The number of anilines is 3. The Morgan fingerprint density at radius 2 is 0.962 bits per heavy atom. The molecule has 3 nitrogen and oxygen atoms in total. The fraction of sp³-hybridized carbons (Fsp3) is 0. The van der Waals surface area contributed by atoms with Crippen LogP contribution >= 0.6 is 0 Å². The van der Waals surface area contributed by atoms with Crippen molar-refractivity contribution in [3.05, 3.63) is 188 Å². The van der Waals surface area contributed by atoms with Gasteiger partial charge >= 0.3 is 0 Å². The minimum Gasteiger partial charge on any atom is -0.455 e. The molecule has 0 aliphatic carbocycles. The molecule has 2 aromatic heterocycles. The van der Waals surface area contributed by atoms with E-state index in [0.29, 0.717) is 0 Å². The molecule has 0 saturated carbocycles. The second-order valence-electron chi connectivity index (χ2n) is 13.7. The fourth-order valence-electron chi connectivity index (χ4n) is 8.18. The van der Waals surface area contributed by atoms with Crippen LogP contribution in [0.25, 0.3) is 87.7 Å². The zero-order valence-electron chi connectivity index (χ0n) is 28.7. The molecule has 0 fully saturated rings. The number of rotatable bonds is 5. The molecule has 3 heteroatoms. The van der Waals surface area contributed by atoms with Crippen LogP contribution in [0.15, 0.2) is 197 Å². The van der Waals surface area contributed by atoms with Gasteiger partial charge in [-0.1, -0.05) is 140 Å². The lowest BCUT2D eigenvalue weighted by Gasteiger charge is -2.26. The molecule has 0 spiro atoms. The first-order valence-electron chi connectivity index (χ1n) is 18.0. The summed E-state index contributed by atoms with van der Waals surface area (Å²) in [7, 11) is 0. The van der Waals surface area contributed by atoms with Crippen molar-refractivity contribution in [3.63, 3.8) is 0 Å². The Labute approximate surface area is 305 Å². The lowest BCUT2D eigenvalue weighted by Crippen LogP contribution is -2.10. The number of furan rings is 2. The Morgan fingerprint density at radius 3 is 1.85 bits per heavy atom. The van der Waals surface area contributed by atoms with Gasteiger partial charge in [-0.2, -0.15) is 0 Å². The highest BCUT2D eigenvalue weighted by molar-refractivity contribution is 6.20. The van der Waals surface area contributed by atoms with Crippen molar-refractivity contribution >= 4 is 82.5 Å². The number of para-hydroxylation sites is 2. The normalized spacial score (nSPS) is 11.8. The molecule has 0 saturated heterocycles. The molecule has 0 amide bonds. The van der Waals surface area contributed by atoms with Gasteiger partial charge in [-0.05, 0) is 86.9 Å². The molecule has 9 aromatic carbocycles. The van der Waals surface area contributed by atoms with Gasteiger partial charge in [-0.15, -0.1) is 0 Å². The van der Waals surface area contributed by atoms with Crippen LogP contribution < -0.4 is 4.90 Å². The van der Waals surface area contributed by atoms with Gasteiger partial charge in [0, 0.05) is 27.2 Å². The van der Waals surface area contributed by atoms with Crippen molar-refractivity contribution < 1.29 is 8.83 Å². The van der Waals surface area contributed by atoms with Crippen LogP contribution in [0, 0.1) is 0 Å². The first-order chi connectivity index (χ1) is 26.3. The minimum absolute atomic E-state index is 0.843. The van der Waals surface area contributed by atoms with Gasteiger partial charge in [0.05, 0.1) is 16.8 Å². The molecular formula is C50H31NO2. The molecule has 0 radical (unpaired) electrons. The van der Waals surface area contributed by atoms with Gasteiger partial charge in [0.25, 0.3) is 0 Å². The van der Waals surface area contributed by atoms with Crippen LogP contribution in [0.3, 0.4) is 0 Å². The second-order valence-corrected chi connectivity index (χ2v) is 13.7. The quantitative estimate of drug-likeness (QED) is 0.182. The van der Waals surface area contributed by atoms with Crippen LogP contribution in [0.4, 0.5) is 17.1 Å². The molecule has 0 N–H and O–H groups in total. The maximum absolute atomic E-state index is 6.67. The van der Waals surface area contributed by atoms with Crippen LogP contribution in [0.5, 0.6) is 0 Å². The van der Waals surface area contributed by atoms with Crippen molar-refractivity contribution in [2.75, 3.05) is 4.90 Å². The van der Waals surface area contributed by atoms with Crippen molar-refractivity contribution in [2.45, 2.75) is 0 Å². The van der Waals surface area contributed by atoms with Crippen LogP contribution in [-0.4, -0.2) is 0 Å². The van der Waals surface area contributed by atoms with E-state index >= 15 is 0 Å². The fourth-order valence-corrected chi connectivity index (χ4v) is 8.18. The summed E-state index contributed by atoms with van der Waals surface area (Å²) >= 11 is 0. The maximum atomic E-state index is 6.67. The molecule has 11 rings (SSSR count). The van der Waals surface area contributed by atoms with Gasteiger partial charge in [0.1, 0.15) is 16.7 Å². The average Bonchev–Trinajstić information content (AvgIpc) is 3.81. The number of nitrogens with zero attached hydrogens (tertiary/aromatic N) is 1. The Hall–Kier alpha value is -7.10. The number of hydrogen-bond donors (Lipinski definition) is 0. The van der Waals surface area contributed by atoms with Crippen molar-refractivity contribution in [3.8, 4) is 22.3 Å². The molecular weight excluding hydrogens is 647 g/mol. The van der Waals surface area contributed by atoms with Crippen molar-refractivity contribution in [1.82, 2.24) is 0 Å². The summed E-state index contributed by atoms with van der Waals surface area (Å²) in [6, 6.07) is 66.7. The molecule has 0 atom stereocenters. The van der Waals surface area contributed by atoms with E-state index in [-0.39, 0.29) is 0 Å². The van der Waals surface area contributed by atoms with Crippen molar-refractivity contribution in [2.24, 2.45) is 0 Å². The third kappa shape index (κ3) is 4.68. The molecule has 248 valence electrons. The zero-order chi connectivity index (χ0) is 34.9. The van der Waals surface area contributed by atoms with Crippen LogP contribution in [0.2, 0.25) is 0 Å².